The Hall–Kier alpha value is -4.81. The van der Waals surface area contributed by atoms with Gasteiger partial charge in [0.05, 0.1) is 35.3 Å². The van der Waals surface area contributed by atoms with Gasteiger partial charge in [0.25, 0.3) is 21.6 Å². The summed E-state index contributed by atoms with van der Waals surface area (Å²) in [4.78, 5) is 23.5. The SMILES string of the molecule is COc1cc(NS(=O)(=O)c2ccc(Cl)cc2)c(C(=O)Nc2ccc(Oc3ccc([N+](=O)[O-])cc3)cc2)cc1OC. The van der Waals surface area contributed by atoms with E-state index in [1.165, 1.54) is 74.9 Å². The number of ether oxygens (including phenoxy) is 3. The van der Waals surface area contributed by atoms with Gasteiger partial charge in [0, 0.05) is 28.9 Å². The number of methoxy groups -OCH3 is 2. The van der Waals surface area contributed by atoms with Crippen molar-refractivity contribution in [2.24, 2.45) is 0 Å². The zero-order valence-electron chi connectivity index (χ0n) is 21.1. The molecule has 0 saturated heterocycles. The molecule has 11 nitrogen and oxygen atoms in total. The van der Waals surface area contributed by atoms with E-state index in [0.29, 0.717) is 22.2 Å². The van der Waals surface area contributed by atoms with Crippen LogP contribution in [0.3, 0.4) is 0 Å². The Labute approximate surface area is 234 Å². The maximum Gasteiger partial charge on any atom is 0.269 e. The molecule has 0 radical (unpaired) electrons. The highest BCUT2D eigenvalue weighted by Crippen LogP contribution is 2.35. The molecular formula is C27H22ClN3O8S. The lowest BCUT2D eigenvalue weighted by atomic mass is 10.1. The molecule has 0 fully saturated rings. The van der Waals surface area contributed by atoms with Gasteiger partial charge in [0.2, 0.25) is 0 Å². The van der Waals surface area contributed by atoms with E-state index in [-0.39, 0.29) is 33.3 Å². The topological polar surface area (TPSA) is 146 Å². The number of anilines is 2. The average molecular weight is 584 g/mol. The maximum atomic E-state index is 13.3. The number of non-ortho nitro benzene ring substituents is 1. The number of halogens is 1. The number of carbonyl (C=O) groups excluding carboxylic acids is 1. The molecule has 0 atom stereocenters. The summed E-state index contributed by atoms with van der Waals surface area (Å²) >= 11 is 5.88. The van der Waals surface area contributed by atoms with Gasteiger partial charge < -0.3 is 19.5 Å². The van der Waals surface area contributed by atoms with Crippen molar-refractivity contribution in [1.82, 2.24) is 0 Å². The number of benzene rings is 4. The molecule has 206 valence electrons. The first kappa shape index (κ1) is 28.2. The Balaban J connectivity index is 1.56. The van der Waals surface area contributed by atoms with E-state index in [2.05, 4.69) is 10.0 Å². The lowest BCUT2D eigenvalue weighted by Crippen LogP contribution is -2.19. The molecule has 0 aliphatic heterocycles. The first-order valence-corrected chi connectivity index (χ1v) is 13.3. The zero-order chi connectivity index (χ0) is 28.9. The summed E-state index contributed by atoms with van der Waals surface area (Å²) in [5, 5.41) is 13.9. The molecule has 40 heavy (non-hydrogen) atoms. The molecule has 0 bridgehead atoms. The van der Waals surface area contributed by atoms with Gasteiger partial charge in [-0.2, -0.15) is 0 Å². The summed E-state index contributed by atoms with van der Waals surface area (Å²) in [6, 6.07) is 20.2. The average Bonchev–Trinajstić information content (AvgIpc) is 2.94. The first-order chi connectivity index (χ1) is 19.1. The van der Waals surface area contributed by atoms with Gasteiger partial charge in [-0.15, -0.1) is 0 Å². The standard InChI is InChI=1S/C27H22ClN3O8S/c1-37-25-15-23(24(16-26(25)38-2)30-40(35,36)22-13-3-17(28)4-14-22)27(32)29-18-5-9-20(10-6-18)39-21-11-7-19(8-12-21)31(33)34/h3-16,30H,1-2H3,(H,29,32). The molecule has 0 spiro atoms. The normalized spacial score (nSPS) is 10.9. The number of amides is 1. The second-order valence-electron chi connectivity index (χ2n) is 8.14. The quantitative estimate of drug-likeness (QED) is 0.168. The fourth-order valence-electron chi connectivity index (χ4n) is 3.55. The van der Waals surface area contributed by atoms with Crippen molar-refractivity contribution in [3.8, 4) is 23.0 Å². The van der Waals surface area contributed by atoms with E-state index in [0.717, 1.165) is 0 Å². The van der Waals surface area contributed by atoms with Crippen LogP contribution in [0.1, 0.15) is 10.4 Å². The highest BCUT2D eigenvalue weighted by molar-refractivity contribution is 7.92. The third-order valence-corrected chi connectivity index (χ3v) is 7.17. The van der Waals surface area contributed by atoms with Crippen LogP contribution in [-0.4, -0.2) is 33.5 Å². The van der Waals surface area contributed by atoms with Crippen molar-refractivity contribution in [3.63, 3.8) is 0 Å². The number of carbonyl (C=O) groups is 1. The Bertz CT molecular complexity index is 1640. The predicted molar refractivity (Wildman–Crippen MR) is 149 cm³/mol. The summed E-state index contributed by atoms with van der Waals surface area (Å²) in [6.45, 7) is 0. The zero-order valence-corrected chi connectivity index (χ0v) is 22.7. The van der Waals surface area contributed by atoms with Crippen molar-refractivity contribution in [3.05, 3.63) is 106 Å². The number of nitro groups is 1. The Morgan fingerprint density at radius 3 is 1.95 bits per heavy atom. The molecule has 4 aromatic rings. The van der Waals surface area contributed by atoms with Gasteiger partial charge >= 0.3 is 0 Å². The van der Waals surface area contributed by atoms with Crippen LogP contribution >= 0.6 is 11.6 Å². The molecule has 4 rings (SSSR count). The van der Waals surface area contributed by atoms with Gasteiger partial charge in [0.15, 0.2) is 11.5 Å². The van der Waals surface area contributed by atoms with Gasteiger partial charge in [0.1, 0.15) is 11.5 Å². The molecular weight excluding hydrogens is 562 g/mol. The summed E-state index contributed by atoms with van der Waals surface area (Å²) in [6.07, 6.45) is 0. The predicted octanol–water partition coefficient (Wildman–Crippen LogP) is 6.11. The van der Waals surface area contributed by atoms with E-state index in [1.54, 1.807) is 24.3 Å². The molecule has 1 amide bonds. The van der Waals surface area contributed by atoms with Gasteiger partial charge in [-0.1, -0.05) is 11.6 Å². The van der Waals surface area contributed by atoms with Crippen LogP contribution in [-0.2, 0) is 10.0 Å². The molecule has 0 saturated carbocycles. The lowest BCUT2D eigenvalue weighted by molar-refractivity contribution is -0.384. The van der Waals surface area contributed by atoms with Crippen molar-refractivity contribution in [1.29, 1.82) is 0 Å². The Kier molecular flexibility index (Phi) is 8.41. The van der Waals surface area contributed by atoms with Gasteiger partial charge in [-0.3, -0.25) is 19.6 Å². The fourth-order valence-corrected chi connectivity index (χ4v) is 4.74. The monoisotopic (exact) mass is 583 g/mol. The smallest absolute Gasteiger partial charge is 0.269 e. The Morgan fingerprint density at radius 1 is 0.850 bits per heavy atom. The third-order valence-electron chi connectivity index (χ3n) is 5.53. The van der Waals surface area contributed by atoms with E-state index >= 15 is 0 Å². The number of hydrogen-bond donors (Lipinski definition) is 2. The largest absolute Gasteiger partial charge is 0.493 e. The fraction of sp³-hybridized carbons (Fsp3) is 0.0741. The van der Waals surface area contributed by atoms with E-state index in [4.69, 9.17) is 25.8 Å². The van der Waals surface area contributed by atoms with Crippen LogP contribution in [0.25, 0.3) is 0 Å². The minimum atomic E-state index is -4.09. The number of nitrogens with zero attached hydrogens (tertiary/aromatic N) is 1. The summed E-state index contributed by atoms with van der Waals surface area (Å²) < 4.78 is 44.8. The van der Waals surface area contributed by atoms with Crippen molar-refractivity contribution in [2.45, 2.75) is 4.90 Å². The molecule has 13 heteroatoms. The third kappa shape index (κ3) is 6.60. The molecule has 0 unspecified atom stereocenters. The number of nitrogens with one attached hydrogen (secondary N) is 2. The molecule has 2 N–H and O–H groups in total. The molecule has 0 aliphatic rings. The Morgan fingerprint density at radius 2 is 1.40 bits per heavy atom. The molecule has 4 aromatic carbocycles. The van der Waals surface area contributed by atoms with E-state index in [9.17, 15) is 23.3 Å². The lowest BCUT2D eigenvalue weighted by Gasteiger charge is -2.17. The van der Waals surface area contributed by atoms with E-state index < -0.39 is 20.9 Å². The number of sulfonamides is 1. The molecule has 0 aromatic heterocycles. The van der Waals surface area contributed by atoms with Crippen molar-refractivity contribution >= 4 is 44.6 Å². The van der Waals surface area contributed by atoms with Crippen molar-refractivity contribution < 1.29 is 32.3 Å². The summed E-state index contributed by atoms with van der Waals surface area (Å²) in [5.74, 6) is 0.619. The first-order valence-electron chi connectivity index (χ1n) is 11.5. The number of rotatable bonds is 10. The summed E-state index contributed by atoms with van der Waals surface area (Å²) in [5.41, 5.74) is 0.266. The second-order valence-corrected chi connectivity index (χ2v) is 10.3. The summed E-state index contributed by atoms with van der Waals surface area (Å²) in [7, 11) is -1.31. The van der Waals surface area contributed by atoms with Crippen LogP contribution in [0.4, 0.5) is 17.1 Å². The highest BCUT2D eigenvalue weighted by Gasteiger charge is 2.22. The van der Waals surface area contributed by atoms with Crippen LogP contribution in [0, 0.1) is 10.1 Å². The highest BCUT2D eigenvalue weighted by atomic mass is 35.5. The minimum Gasteiger partial charge on any atom is -0.493 e. The van der Waals surface area contributed by atoms with Crippen LogP contribution < -0.4 is 24.2 Å². The van der Waals surface area contributed by atoms with Crippen LogP contribution in [0.2, 0.25) is 5.02 Å². The van der Waals surface area contributed by atoms with Gasteiger partial charge in [-0.05, 0) is 66.7 Å². The maximum absolute atomic E-state index is 13.3. The molecule has 0 heterocycles. The number of nitro benzene ring substituents is 1. The van der Waals surface area contributed by atoms with Crippen LogP contribution in [0.15, 0.2) is 89.8 Å². The van der Waals surface area contributed by atoms with E-state index in [1.807, 2.05) is 0 Å². The second kappa shape index (κ2) is 11.9. The number of hydrogen-bond acceptors (Lipinski definition) is 8. The van der Waals surface area contributed by atoms with Crippen LogP contribution in [0.5, 0.6) is 23.0 Å². The minimum absolute atomic E-state index is 0.0265. The van der Waals surface area contributed by atoms with Gasteiger partial charge in [-0.25, -0.2) is 8.42 Å². The van der Waals surface area contributed by atoms with Crippen molar-refractivity contribution in [2.75, 3.05) is 24.3 Å². The molecule has 0 aliphatic carbocycles.